The van der Waals surface area contributed by atoms with Crippen LogP contribution in [-0.2, 0) is 0 Å². The van der Waals surface area contributed by atoms with Gasteiger partial charge in [-0.25, -0.2) is 0 Å². The van der Waals surface area contributed by atoms with Gasteiger partial charge in [0.25, 0.3) is 0 Å². The molecular formula is C9H17N3. The van der Waals surface area contributed by atoms with Crippen molar-refractivity contribution in [3.05, 3.63) is 12.3 Å². The van der Waals surface area contributed by atoms with E-state index in [1.807, 2.05) is 12.3 Å². The molecule has 0 bridgehead atoms. The van der Waals surface area contributed by atoms with Gasteiger partial charge < -0.3 is 4.90 Å². The van der Waals surface area contributed by atoms with Gasteiger partial charge in [-0.15, -0.1) is 0 Å². The number of H-pyrrole nitrogens is 1. The smallest absolute Gasteiger partial charge is 0.150 e. The first-order valence-electron chi connectivity index (χ1n) is 4.55. The lowest BCUT2D eigenvalue weighted by Crippen LogP contribution is -2.18. The van der Waals surface area contributed by atoms with E-state index in [-0.39, 0.29) is 0 Å². The molecule has 0 aliphatic heterocycles. The standard InChI is InChI=1S/C9H17N3/c1-3-4-5-8-12(2)9-6-7-10-11-9/h6-7H,3-5,8H2,1-2H3,(H,10,11). The number of rotatable bonds is 5. The van der Waals surface area contributed by atoms with Crippen molar-refractivity contribution < 1.29 is 0 Å². The van der Waals surface area contributed by atoms with Crippen molar-refractivity contribution in [3.8, 4) is 0 Å². The van der Waals surface area contributed by atoms with Crippen LogP contribution in [0.25, 0.3) is 0 Å². The van der Waals surface area contributed by atoms with E-state index in [4.69, 9.17) is 0 Å². The summed E-state index contributed by atoms with van der Waals surface area (Å²) in [5, 5.41) is 6.91. The van der Waals surface area contributed by atoms with Crippen LogP contribution >= 0.6 is 0 Å². The third kappa shape index (κ3) is 2.57. The lowest BCUT2D eigenvalue weighted by Gasteiger charge is -2.14. The van der Waals surface area contributed by atoms with Crippen LogP contribution in [0.2, 0.25) is 0 Å². The molecule has 0 radical (unpaired) electrons. The van der Waals surface area contributed by atoms with Gasteiger partial charge in [0.15, 0.2) is 0 Å². The highest BCUT2D eigenvalue weighted by Crippen LogP contribution is 2.07. The summed E-state index contributed by atoms with van der Waals surface area (Å²) >= 11 is 0. The van der Waals surface area contributed by atoms with E-state index in [2.05, 4.69) is 29.1 Å². The summed E-state index contributed by atoms with van der Waals surface area (Å²) in [6.45, 7) is 3.31. The SMILES string of the molecule is CCCCCN(C)c1cc[nH]n1. The van der Waals surface area contributed by atoms with Crippen LogP contribution in [-0.4, -0.2) is 23.8 Å². The van der Waals surface area contributed by atoms with Crippen LogP contribution in [0, 0.1) is 0 Å². The summed E-state index contributed by atoms with van der Waals surface area (Å²) in [6.07, 6.45) is 5.68. The second-order valence-corrected chi connectivity index (χ2v) is 3.06. The minimum Gasteiger partial charge on any atom is -0.358 e. The first-order chi connectivity index (χ1) is 5.84. The first-order valence-corrected chi connectivity index (χ1v) is 4.55. The number of nitrogens with zero attached hydrogens (tertiary/aromatic N) is 2. The third-order valence-electron chi connectivity index (χ3n) is 1.97. The number of anilines is 1. The molecule has 68 valence electrons. The number of aromatic amines is 1. The molecule has 3 nitrogen and oxygen atoms in total. The Kier molecular flexibility index (Phi) is 3.64. The van der Waals surface area contributed by atoms with Gasteiger partial charge in [0.05, 0.1) is 0 Å². The summed E-state index contributed by atoms with van der Waals surface area (Å²) in [4.78, 5) is 2.17. The molecule has 1 aromatic rings. The molecule has 0 saturated heterocycles. The molecular weight excluding hydrogens is 150 g/mol. The van der Waals surface area contributed by atoms with Gasteiger partial charge in [-0.05, 0) is 6.42 Å². The average Bonchev–Trinajstić information content (AvgIpc) is 2.56. The molecule has 1 rings (SSSR count). The average molecular weight is 167 g/mol. The Morgan fingerprint density at radius 2 is 2.33 bits per heavy atom. The Morgan fingerprint density at radius 3 is 2.92 bits per heavy atom. The maximum Gasteiger partial charge on any atom is 0.150 e. The molecule has 1 N–H and O–H groups in total. The highest BCUT2D eigenvalue weighted by atomic mass is 15.2. The van der Waals surface area contributed by atoms with Gasteiger partial charge in [0.2, 0.25) is 0 Å². The monoisotopic (exact) mass is 167 g/mol. The van der Waals surface area contributed by atoms with Crippen molar-refractivity contribution in [1.82, 2.24) is 10.2 Å². The summed E-state index contributed by atoms with van der Waals surface area (Å²) in [6, 6.07) is 1.99. The molecule has 0 aliphatic rings. The molecule has 0 aromatic carbocycles. The van der Waals surface area contributed by atoms with Crippen molar-refractivity contribution in [2.24, 2.45) is 0 Å². The molecule has 0 unspecified atom stereocenters. The van der Waals surface area contributed by atoms with Crippen molar-refractivity contribution in [1.29, 1.82) is 0 Å². The van der Waals surface area contributed by atoms with Gasteiger partial charge >= 0.3 is 0 Å². The molecule has 0 fully saturated rings. The minimum atomic E-state index is 1.03. The number of hydrogen-bond acceptors (Lipinski definition) is 2. The second-order valence-electron chi connectivity index (χ2n) is 3.06. The van der Waals surface area contributed by atoms with E-state index in [0.717, 1.165) is 12.4 Å². The number of hydrogen-bond donors (Lipinski definition) is 1. The largest absolute Gasteiger partial charge is 0.358 e. The molecule has 0 atom stereocenters. The van der Waals surface area contributed by atoms with Gasteiger partial charge in [-0.2, -0.15) is 5.10 Å². The minimum absolute atomic E-state index is 1.03. The predicted molar refractivity (Wildman–Crippen MR) is 51.4 cm³/mol. The quantitative estimate of drug-likeness (QED) is 0.680. The predicted octanol–water partition coefficient (Wildman–Crippen LogP) is 2.04. The lowest BCUT2D eigenvalue weighted by molar-refractivity contribution is 0.700. The topological polar surface area (TPSA) is 31.9 Å². The fraction of sp³-hybridized carbons (Fsp3) is 0.667. The zero-order chi connectivity index (χ0) is 8.81. The Morgan fingerprint density at radius 1 is 1.50 bits per heavy atom. The molecule has 1 heterocycles. The highest BCUT2D eigenvalue weighted by molar-refractivity contribution is 5.34. The fourth-order valence-corrected chi connectivity index (χ4v) is 1.18. The normalized spacial score (nSPS) is 10.2. The molecule has 0 aliphatic carbocycles. The van der Waals surface area contributed by atoms with Crippen LogP contribution in [0.4, 0.5) is 5.82 Å². The molecule has 0 spiro atoms. The van der Waals surface area contributed by atoms with E-state index in [0.29, 0.717) is 0 Å². The van der Waals surface area contributed by atoms with Crippen LogP contribution in [0.1, 0.15) is 26.2 Å². The van der Waals surface area contributed by atoms with Gasteiger partial charge in [-0.1, -0.05) is 19.8 Å². The lowest BCUT2D eigenvalue weighted by atomic mass is 10.2. The molecule has 1 aromatic heterocycles. The maximum atomic E-state index is 4.10. The molecule has 3 heteroatoms. The first kappa shape index (κ1) is 9.10. The van der Waals surface area contributed by atoms with Crippen molar-refractivity contribution >= 4 is 5.82 Å². The Hall–Kier alpha value is -0.990. The van der Waals surface area contributed by atoms with Crippen LogP contribution < -0.4 is 4.90 Å². The summed E-state index contributed by atoms with van der Waals surface area (Å²) in [5.74, 6) is 1.03. The Balaban J connectivity index is 2.25. The zero-order valence-corrected chi connectivity index (χ0v) is 7.88. The van der Waals surface area contributed by atoms with E-state index in [9.17, 15) is 0 Å². The number of unbranched alkanes of at least 4 members (excludes halogenated alkanes) is 2. The maximum absolute atomic E-state index is 4.10. The van der Waals surface area contributed by atoms with Gasteiger partial charge in [-0.3, -0.25) is 5.10 Å². The summed E-state index contributed by atoms with van der Waals surface area (Å²) in [5.41, 5.74) is 0. The van der Waals surface area contributed by atoms with E-state index in [1.165, 1.54) is 19.3 Å². The molecule has 12 heavy (non-hydrogen) atoms. The van der Waals surface area contributed by atoms with Crippen molar-refractivity contribution in [2.75, 3.05) is 18.5 Å². The number of aromatic nitrogens is 2. The van der Waals surface area contributed by atoms with E-state index in [1.54, 1.807) is 0 Å². The van der Waals surface area contributed by atoms with Crippen LogP contribution in [0.15, 0.2) is 12.3 Å². The van der Waals surface area contributed by atoms with Crippen molar-refractivity contribution in [3.63, 3.8) is 0 Å². The third-order valence-corrected chi connectivity index (χ3v) is 1.97. The van der Waals surface area contributed by atoms with Gasteiger partial charge in [0.1, 0.15) is 5.82 Å². The Labute approximate surface area is 73.8 Å². The molecule has 0 saturated carbocycles. The summed E-state index contributed by atoms with van der Waals surface area (Å²) in [7, 11) is 2.08. The highest BCUT2D eigenvalue weighted by Gasteiger charge is 2.00. The van der Waals surface area contributed by atoms with Gasteiger partial charge in [0, 0.05) is 25.9 Å². The van der Waals surface area contributed by atoms with E-state index >= 15 is 0 Å². The van der Waals surface area contributed by atoms with Crippen LogP contribution in [0.3, 0.4) is 0 Å². The second kappa shape index (κ2) is 4.80. The van der Waals surface area contributed by atoms with Crippen molar-refractivity contribution in [2.45, 2.75) is 26.2 Å². The fourth-order valence-electron chi connectivity index (χ4n) is 1.18. The summed E-state index contributed by atoms with van der Waals surface area (Å²) < 4.78 is 0. The van der Waals surface area contributed by atoms with Crippen LogP contribution in [0.5, 0.6) is 0 Å². The zero-order valence-electron chi connectivity index (χ0n) is 7.88. The molecule has 0 amide bonds. The number of nitrogens with one attached hydrogen (secondary N) is 1. The Bertz CT molecular complexity index is 194. The van der Waals surface area contributed by atoms with E-state index < -0.39 is 0 Å².